The topological polar surface area (TPSA) is 101 Å². The molecule has 0 radical (unpaired) electrons. The van der Waals surface area contributed by atoms with Crippen LogP contribution in [0.5, 0.6) is 5.75 Å². The van der Waals surface area contributed by atoms with Crippen LogP contribution in [0.3, 0.4) is 0 Å². The summed E-state index contributed by atoms with van der Waals surface area (Å²) < 4.78 is 5.52. The summed E-state index contributed by atoms with van der Waals surface area (Å²) in [6, 6.07) is 7.35. The molecule has 1 aromatic rings. The van der Waals surface area contributed by atoms with Crippen molar-refractivity contribution in [1.82, 2.24) is 4.90 Å². The summed E-state index contributed by atoms with van der Waals surface area (Å²) in [5.74, 6) is -1.52. The summed E-state index contributed by atoms with van der Waals surface area (Å²) in [5, 5.41) is 9.07. The fraction of sp³-hybridized carbons (Fsp3) is 0.484. The second kappa shape index (κ2) is 9.77. The first kappa shape index (κ1) is 25.0. The van der Waals surface area contributed by atoms with E-state index in [2.05, 4.69) is 6.08 Å². The molecule has 1 heterocycles. The molecule has 2 amide bonds. The normalized spacial score (nSPS) is 29.6. The molecule has 4 unspecified atom stereocenters. The van der Waals surface area contributed by atoms with Gasteiger partial charge in [-0.2, -0.15) is 0 Å². The van der Waals surface area contributed by atoms with Gasteiger partial charge in [0.05, 0.1) is 18.4 Å². The molecule has 1 saturated carbocycles. The maximum absolute atomic E-state index is 13.9. The molecule has 198 valence electrons. The van der Waals surface area contributed by atoms with Crippen LogP contribution in [0.4, 0.5) is 0 Å². The van der Waals surface area contributed by atoms with Gasteiger partial charge in [0.2, 0.25) is 11.8 Å². The number of benzene rings is 1. The highest BCUT2D eigenvalue weighted by Gasteiger charge is 2.57. The van der Waals surface area contributed by atoms with Crippen molar-refractivity contribution in [2.75, 3.05) is 13.2 Å². The van der Waals surface area contributed by atoms with Gasteiger partial charge in [0.1, 0.15) is 12.4 Å². The van der Waals surface area contributed by atoms with Gasteiger partial charge in [0, 0.05) is 28.7 Å². The molecule has 6 rings (SSSR count). The van der Waals surface area contributed by atoms with Crippen LogP contribution in [0.2, 0.25) is 0 Å². The Morgan fingerprint density at radius 3 is 2.42 bits per heavy atom. The number of Topliss-reactive ketones (excluding diaryl/α,β-unsaturated/α-hetero) is 1. The maximum Gasteiger partial charge on any atom is 0.233 e. The lowest BCUT2D eigenvalue weighted by Crippen LogP contribution is -2.43. The zero-order chi connectivity index (χ0) is 26.6. The maximum atomic E-state index is 13.9. The number of ketones is 2. The molecule has 0 bridgehead atoms. The Morgan fingerprint density at radius 1 is 0.974 bits per heavy atom. The molecule has 38 heavy (non-hydrogen) atoms. The zero-order valence-corrected chi connectivity index (χ0v) is 21.7. The fourth-order valence-corrected chi connectivity index (χ4v) is 7.38. The Bertz CT molecular complexity index is 1300. The molecule has 1 N–H and O–H groups in total. The van der Waals surface area contributed by atoms with Crippen LogP contribution < -0.4 is 4.74 Å². The average Bonchev–Trinajstić information content (AvgIpc) is 3.20. The second-order valence-corrected chi connectivity index (χ2v) is 11.2. The van der Waals surface area contributed by atoms with Gasteiger partial charge < -0.3 is 9.84 Å². The number of amides is 2. The molecule has 1 aliphatic heterocycles. The Balaban J connectivity index is 1.41. The van der Waals surface area contributed by atoms with Crippen molar-refractivity contribution in [3.8, 4) is 5.75 Å². The smallest absolute Gasteiger partial charge is 0.233 e. The number of likely N-dealkylation sites (tertiary alicyclic amines) is 1. The first-order chi connectivity index (χ1) is 18.4. The van der Waals surface area contributed by atoms with Gasteiger partial charge in [-0.25, -0.2) is 0 Å². The van der Waals surface area contributed by atoms with Crippen LogP contribution in [-0.4, -0.2) is 52.6 Å². The van der Waals surface area contributed by atoms with Crippen LogP contribution in [-0.2, 0) is 19.2 Å². The average molecular weight is 516 g/mol. The first-order valence-electron chi connectivity index (χ1n) is 13.8. The SMILES string of the molecule is CC1=CC(=O)C2=C(C1=O)C(c1ccc(OCCO)cc1)C1=CCC3C(=O)N(C4CCCCC4)C(=O)C3C1C2. The minimum absolute atomic E-state index is 0.0260. The van der Waals surface area contributed by atoms with E-state index in [0.29, 0.717) is 35.3 Å². The molecule has 7 heteroatoms. The first-order valence-corrected chi connectivity index (χ1v) is 13.8. The lowest BCUT2D eigenvalue weighted by molar-refractivity contribution is -0.143. The molecular formula is C31H33NO6. The van der Waals surface area contributed by atoms with Crippen molar-refractivity contribution in [3.05, 3.63) is 64.3 Å². The molecule has 5 aliphatic rings. The number of carbonyl (C=O) groups is 4. The van der Waals surface area contributed by atoms with Gasteiger partial charge in [-0.15, -0.1) is 0 Å². The van der Waals surface area contributed by atoms with Gasteiger partial charge in [0.25, 0.3) is 0 Å². The Hall–Kier alpha value is -3.32. The van der Waals surface area contributed by atoms with E-state index < -0.39 is 17.8 Å². The number of imide groups is 1. The van der Waals surface area contributed by atoms with Crippen molar-refractivity contribution in [2.24, 2.45) is 17.8 Å². The van der Waals surface area contributed by atoms with E-state index in [4.69, 9.17) is 9.84 Å². The van der Waals surface area contributed by atoms with Crippen LogP contribution in [0, 0.1) is 17.8 Å². The Kier molecular flexibility index (Phi) is 6.42. The highest BCUT2D eigenvalue weighted by molar-refractivity contribution is 6.23. The van der Waals surface area contributed by atoms with Gasteiger partial charge in [0.15, 0.2) is 11.6 Å². The molecule has 1 saturated heterocycles. The quantitative estimate of drug-likeness (QED) is 0.364. The monoisotopic (exact) mass is 515 g/mol. The molecule has 4 atom stereocenters. The summed E-state index contributed by atoms with van der Waals surface area (Å²) in [4.78, 5) is 55.8. The summed E-state index contributed by atoms with van der Waals surface area (Å²) >= 11 is 0. The highest BCUT2D eigenvalue weighted by atomic mass is 16.5. The van der Waals surface area contributed by atoms with Crippen molar-refractivity contribution >= 4 is 23.4 Å². The third-order valence-corrected chi connectivity index (χ3v) is 9.11. The number of hydrogen-bond acceptors (Lipinski definition) is 6. The number of nitrogens with zero attached hydrogens (tertiary/aromatic N) is 1. The van der Waals surface area contributed by atoms with E-state index in [1.807, 2.05) is 12.1 Å². The number of aliphatic hydroxyl groups is 1. The van der Waals surface area contributed by atoms with Gasteiger partial charge >= 0.3 is 0 Å². The third-order valence-electron chi connectivity index (χ3n) is 9.11. The van der Waals surface area contributed by atoms with Crippen LogP contribution in [0.25, 0.3) is 0 Å². The van der Waals surface area contributed by atoms with E-state index >= 15 is 0 Å². The highest BCUT2D eigenvalue weighted by Crippen LogP contribution is 2.55. The predicted molar refractivity (Wildman–Crippen MR) is 139 cm³/mol. The predicted octanol–water partition coefficient (Wildman–Crippen LogP) is 3.82. The van der Waals surface area contributed by atoms with Gasteiger partial charge in [-0.05, 0) is 62.3 Å². The fourth-order valence-electron chi connectivity index (χ4n) is 7.38. The zero-order valence-electron chi connectivity index (χ0n) is 21.7. The number of rotatable bonds is 5. The van der Waals surface area contributed by atoms with Crippen molar-refractivity contribution in [1.29, 1.82) is 0 Å². The standard InChI is InChI=1S/C31H33NO6/c1-17-15-25(34)24-16-23-21(26(28(24)29(17)35)18-7-9-20(10-8-18)38-14-13-33)11-12-22-27(23)31(37)32(30(22)36)19-5-3-2-4-6-19/h7-11,15,19,22-23,26-27,33H,2-6,12-14,16H2,1H3. The summed E-state index contributed by atoms with van der Waals surface area (Å²) in [5.41, 5.74) is 3.22. The number of aliphatic hydroxyl groups excluding tert-OH is 1. The number of hydrogen-bond donors (Lipinski definition) is 1. The Morgan fingerprint density at radius 2 is 1.71 bits per heavy atom. The molecule has 2 fully saturated rings. The summed E-state index contributed by atoms with van der Waals surface area (Å²) in [6.07, 6.45) is 9.18. The molecular weight excluding hydrogens is 482 g/mol. The van der Waals surface area contributed by atoms with Crippen LogP contribution >= 0.6 is 0 Å². The van der Waals surface area contributed by atoms with Crippen molar-refractivity contribution in [2.45, 2.75) is 63.8 Å². The Labute approximate surface area is 222 Å². The van der Waals surface area contributed by atoms with Crippen molar-refractivity contribution in [3.63, 3.8) is 0 Å². The largest absolute Gasteiger partial charge is 0.491 e. The van der Waals surface area contributed by atoms with Crippen LogP contribution in [0.1, 0.15) is 63.4 Å². The second-order valence-electron chi connectivity index (χ2n) is 11.2. The molecule has 1 aromatic carbocycles. The number of fused-ring (bicyclic) bond motifs is 3. The lowest BCUT2D eigenvalue weighted by Gasteiger charge is -2.42. The number of carbonyl (C=O) groups excluding carboxylic acids is 4. The number of ether oxygens (including phenoxy) is 1. The molecule has 4 aliphatic carbocycles. The molecule has 0 aromatic heterocycles. The lowest BCUT2D eigenvalue weighted by atomic mass is 9.59. The van der Waals surface area contributed by atoms with Crippen molar-refractivity contribution < 1.29 is 29.0 Å². The van der Waals surface area contributed by atoms with E-state index in [1.54, 1.807) is 24.0 Å². The van der Waals surface area contributed by atoms with E-state index in [0.717, 1.165) is 43.2 Å². The number of allylic oxidation sites excluding steroid dienone is 6. The van der Waals surface area contributed by atoms with Crippen LogP contribution in [0.15, 0.2) is 58.7 Å². The van der Waals surface area contributed by atoms with E-state index in [-0.39, 0.29) is 48.6 Å². The van der Waals surface area contributed by atoms with E-state index in [1.165, 1.54) is 6.08 Å². The molecule has 0 spiro atoms. The summed E-state index contributed by atoms with van der Waals surface area (Å²) in [6.45, 7) is 1.76. The molecule has 7 nitrogen and oxygen atoms in total. The minimum Gasteiger partial charge on any atom is -0.491 e. The third kappa shape index (κ3) is 3.90. The minimum atomic E-state index is -0.497. The van der Waals surface area contributed by atoms with Gasteiger partial charge in [-0.3, -0.25) is 24.1 Å². The van der Waals surface area contributed by atoms with E-state index in [9.17, 15) is 19.2 Å². The summed E-state index contributed by atoms with van der Waals surface area (Å²) in [7, 11) is 0. The van der Waals surface area contributed by atoms with Gasteiger partial charge in [-0.1, -0.05) is 43.0 Å².